The first-order valence-electron chi connectivity index (χ1n) is 5.43. The lowest BCUT2D eigenvalue weighted by Crippen LogP contribution is -2.15. The Morgan fingerprint density at radius 1 is 1.50 bits per heavy atom. The van der Waals surface area contributed by atoms with Crippen molar-refractivity contribution in [2.45, 2.75) is 11.9 Å². The maximum atomic E-state index is 13.8. The summed E-state index contributed by atoms with van der Waals surface area (Å²) in [5, 5.41) is -0.146. The summed E-state index contributed by atoms with van der Waals surface area (Å²) in [5.41, 5.74) is 5.49. The highest BCUT2D eigenvalue weighted by atomic mass is 32.2. The van der Waals surface area contributed by atoms with E-state index in [2.05, 4.69) is 14.7 Å². The van der Waals surface area contributed by atoms with Crippen LogP contribution in [0.4, 0.5) is 10.1 Å². The molecule has 1 aromatic carbocycles. The fraction of sp³-hybridized carbons (Fsp3) is 0.0909. The second kappa shape index (κ2) is 5.17. The van der Waals surface area contributed by atoms with Gasteiger partial charge in [0, 0.05) is 5.56 Å². The van der Waals surface area contributed by atoms with Gasteiger partial charge in [-0.25, -0.2) is 9.37 Å². The molecule has 0 aliphatic heterocycles. The van der Waals surface area contributed by atoms with E-state index in [1.807, 2.05) is 0 Å². The van der Waals surface area contributed by atoms with E-state index in [-0.39, 0.29) is 15.7 Å². The number of sulfonamides is 1. The van der Waals surface area contributed by atoms with Gasteiger partial charge in [0.05, 0.1) is 11.9 Å². The lowest BCUT2D eigenvalue weighted by Gasteiger charge is -2.08. The zero-order valence-electron chi connectivity index (χ0n) is 10.3. The minimum atomic E-state index is -3.92. The number of imidazole rings is 1. The fourth-order valence-electron chi connectivity index (χ4n) is 1.49. The Balaban J connectivity index is 2.32. The van der Waals surface area contributed by atoms with Crippen molar-refractivity contribution in [3.63, 3.8) is 0 Å². The Hall–Kier alpha value is -2.00. The van der Waals surface area contributed by atoms with Crippen LogP contribution in [0.2, 0.25) is 0 Å². The second-order valence-corrected chi connectivity index (χ2v) is 6.09. The van der Waals surface area contributed by atoms with Crippen molar-refractivity contribution in [1.82, 2.24) is 9.97 Å². The van der Waals surface area contributed by atoms with Gasteiger partial charge in [0.2, 0.25) is 0 Å². The number of aryl methyl sites for hydroxylation is 1. The van der Waals surface area contributed by atoms with Crippen molar-refractivity contribution in [2.24, 2.45) is 5.73 Å². The van der Waals surface area contributed by atoms with Crippen molar-refractivity contribution < 1.29 is 12.8 Å². The van der Waals surface area contributed by atoms with Gasteiger partial charge >= 0.3 is 0 Å². The first kappa shape index (κ1) is 14.4. The highest BCUT2D eigenvalue weighted by molar-refractivity contribution is 7.92. The van der Waals surface area contributed by atoms with E-state index >= 15 is 0 Å². The van der Waals surface area contributed by atoms with E-state index in [4.69, 9.17) is 18.0 Å². The van der Waals surface area contributed by atoms with Crippen LogP contribution in [0.3, 0.4) is 0 Å². The van der Waals surface area contributed by atoms with Crippen molar-refractivity contribution in [2.75, 3.05) is 4.72 Å². The summed E-state index contributed by atoms with van der Waals surface area (Å²) >= 11 is 4.71. The van der Waals surface area contributed by atoms with Crippen LogP contribution >= 0.6 is 12.2 Å². The molecule has 1 aromatic heterocycles. The molecule has 0 saturated heterocycles. The molecule has 0 aliphatic rings. The van der Waals surface area contributed by atoms with Crippen LogP contribution in [0.15, 0.2) is 29.4 Å². The highest BCUT2D eigenvalue weighted by Gasteiger charge is 2.18. The van der Waals surface area contributed by atoms with Crippen LogP contribution < -0.4 is 10.5 Å². The summed E-state index contributed by atoms with van der Waals surface area (Å²) < 4.78 is 39.9. The van der Waals surface area contributed by atoms with Crippen LogP contribution in [0.25, 0.3) is 0 Å². The standard InChI is InChI=1S/C11H11FN4O2S2/c1-6-14-5-10(15-6)20(17,18)16-9-3-2-7(11(13)19)4-8(9)12/h2-5,16H,1H3,(H2,13,19)(H,14,15). The minimum Gasteiger partial charge on any atom is -0.389 e. The molecule has 0 amide bonds. The van der Waals surface area contributed by atoms with E-state index in [1.54, 1.807) is 6.92 Å². The lowest BCUT2D eigenvalue weighted by atomic mass is 10.2. The average Bonchev–Trinajstić information content (AvgIpc) is 2.79. The molecule has 9 heteroatoms. The Morgan fingerprint density at radius 3 is 2.70 bits per heavy atom. The molecule has 0 bridgehead atoms. The van der Waals surface area contributed by atoms with Crippen LogP contribution in [-0.4, -0.2) is 23.4 Å². The molecule has 0 saturated carbocycles. The number of benzene rings is 1. The summed E-state index contributed by atoms with van der Waals surface area (Å²) in [4.78, 5) is 6.37. The molecule has 0 unspecified atom stereocenters. The molecule has 0 atom stereocenters. The molecule has 0 spiro atoms. The number of H-pyrrole nitrogens is 1. The number of hydrogen-bond acceptors (Lipinski definition) is 4. The molecule has 106 valence electrons. The molecule has 2 rings (SSSR count). The van der Waals surface area contributed by atoms with Crippen molar-refractivity contribution in [3.05, 3.63) is 41.6 Å². The molecule has 1 heterocycles. The molecule has 0 aliphatic carbocycles. The predicted octanol–water partition coefficient (Wildman–Crippen LogP) is 1.29. The number of anilines is 1. The van der Waals surface area contributed by atoms with E-state index < -0.39 is 15.8 Å². The van der Waals surface area contributed by atoms with Gasteiger partial charge in [-0.05, 0) is 25.1 Å². The molecule has 0 fully saturated rings. The first-order chi connectivity index (χ1) is 9.29. The third-order valence-corrected chi connectivity index (χ3v) is 3.98. The number of aromatic nitrogens is 2. The zero-order valence-corrected chi connectivity index (χ0v) is 12.0. The van der Waals surface area contributed by atoms with Crippen molar-refractivity contribution >= 4 is 32.9 Å². The van der Waals surface area contributed by atoms with Gasteiger partial charge in [-0.1, -0.05) is 12.2 Å². The summed E-state index contributed by atoms with van der Waals surface area (Å²) in [6, 6.07) is 3.75. The molecule has 2 aromatic rings. The van der Waals surface area contributed by atoms with Gasteiger partial charge in [-0.2, -0.15) is 8.42 Å². The Morgan fingerprint density at radius 2 is 2.20 bits per heavy atom. The smallest absolute Gasteiger partial charge is 0.279 e. The molecule has 6 nitrogen and oxygen atoms in total. The number of nitrogens with zero attached hydrogens (tertiary/aromatic N) is 1. The highest BCUT2D eigenvalue weighted by Crippen LogP contribution is 2.19. The first-order valence-corrected chi connectivity index (χ1v) is 7.32. The van der Waals surface area contributed by atoms with Gasteiger partial charge in [-0.15, -0.1) is 0 Å². The van der Waals surface area contributed by atoms with Crippen molar-refractivity contribution in [3.8, 4) is 0 Å². The number of hydrogen-bond donors (Lipinski definition) is 3. The maximum absolute atomic E-state index is 13.8. The quantitative estimate of drug-likeness (QED) is 0.738. The van der Waals surface area contributed by atoms with Gasteiger partial charge in [0.25, 0.3) is 10.0 Å². The van der Waals surface area contributed by atoms with Crippen LogP contribution in [-0.2, 0) is 10.0 Å². The Labute approximate surface area is 120 Å². The number of halogens is 1. The average molecular weight is 314 g/mol. The fourth-order valence-corrected chi connectivity index (χ4v) is 2.65. The summed E-state index contributed by atoms with van der Waals surface area (Å²) in [7, 11) is -3.92. The zero-order chi connectivity index (χ0) is 14.9. The lowest BCUT2D eigenvalue weighted by molar-refractivity contribution is 0.595. The Kier molecular flexibility index (Phi) is 3.73. The number of nitrogens with one attached hydrogen (secondary N) is 2. The summed E-state index contributed by atoms with van der Waals surface area (Å²) in [6.07, 6.45) is 1.15. The monoisotopic (exact) mass is 314 g/mol. The van der Waals surface area contributed by atoms with Crippen LogP contribution in [0.1, 0.15) is 11.4 Å². The Bertz CT molecular complexity index is 770. The number of thiocarbonyl (C=S) groups is 1. The van der Waals surface area contributed by atoms with E-state index in [0.29, 0.717) is 11.4 Å². The molecule has 0 radical (unpaired) electrons. The normalized spacial score (nSPS) is 11.3. The SMILES string of the molecule is Cc1ncc(S(=O)(=O)Nc2ccc(C(N)=S)cc2F)[nH]1. The minimum absolute atomic E-state index is 0.0301. The topological polar surface area (TPSA) is 101 Å². The van der Waals surface area contributed by atoms with Crippen LogP contribution in [0, 0.1) is 12.7 Å². The molecular weight excluding hydrogens is 303 g/mol. The van der Waals surface area contributed by atoms with Gasteiger partial charge in [-0.3, -0.25) is 4.72 Å². The largest absolute Gasteiger partial charge is 0.389 e. The van der Waals surface area contributed by atoms with Gasteiger partial charge in [0.15, 0.2) is 5.03 Å². The molecule has 20 heavy (non-hydrogen) atoms. The molecule has 4 N–H and O–H groups in total. The van der Waals surface area contributed by atoms with Crippen molar-refractivity contribution in [1.29, 1.82) is 0 Å². The third-order valence-electron chi connectivity index (χ3n) is 2.47. The van der Waals surface area contributed by atoms with Crippen LogP contribution in [0.5, 0.6) is 0 Å². The number of rotatable bonds is 4. The van der Waals surface area contributed by atoms with E-state index in [0.717, 1.165) is 12.3 Å². The van der Waals surface area contributed by atoms with E-state index in [1.165, 1.54) is 12.1 Å². The predicted molar refractivity (Wildman–Crippen MR) is 76.4 cm³/mol. The summed E-state index contributed by atoms with van der Waals surface area (Å²) in [6.45, 7) is 1.61. The van der Waals surface area contributed by atoms with Gasteiger partial charge < -0.3 is 10.7 Å². The number of nitrogens with two attached hydrogens (primary N) is 1. The summed E-state index contributed by atoms with van der Waals surface area (Å²) in [5.74, 6) is -0.329. The maximum Gasteiger partial charge on any atom is 0.279 e. The second-order valence-electron chi connectivity index (χ2n) is 4.00. The third kappa shape index (κ3) is 2.94. The van der Waals surface area contributed by atoms with Gasteiger partial charge in [0.1, 0.15) is 16.6 Å². The van der Waals surface area contributed by atoms with E-state index in [9.17, 15) is 12.8 Å². The number of aromatic amines is 1. The molecular formula is C11H11FN4O2S2.